The normalized spacial score (nSPS) is 31.2. The van der Waals surface area contributed by atoms with Gasteiger partial charge in [-0.2, -0.15) is 0 Å². The molecule has 1 aliphatic heterocycles. The van der Waals surface area contributed by atoms with Crippen LogP contribution in [-0.4, -0.2) is 36.1 Å². The molecule has 18 heavy (non-hydrogen) atoms. The molecule has 1 aromatic rings. The van der Waals surface area contributed by atoms with Crippen molar-refractivity contribution in [3.63, 3.8) is 0 Å². The number of nitrogens with one attached hydrogen (secondary N) is 1. The number of hydrogen-bond donors (Lipinski definition) is 1. The SMILES string of the molecule is Cc1nc(CN(C)CC2NCC3CCCC32)cs1. The van der Waals surface area contributed by atoms with Crippen molar-refractivity contribution < 1.29 is 0 Å². The number of rotatable bonds is 4. The molecular formula is C14H23N3S. The standard InChI is InChI=1S/C14H23N3S/c1-10-16-12(9-18-10)7-17(2)8-14-13-5-3-4-11(13)6-15-14/h9,11,13-15H,3-8H2,1-2H3. The molecule has 1 aromatic heterocycles. The van der Waals surface area contributed by atoms with E-state index in [-0.39, 0.29) is 0 Å². The summed E-state index contributed by atoms with van der Waals surface area (Å²) in [4.78, 5) is 6.97. The molecule has 0 spiro atoms. The van der Waals surface area contributed by atoms with Gasteiger partial charge < -0.3 is 5.32 Å². The summed E-state index contributed by atoms with van der Waals surface area (Å²) in [6, 6.07) is 0.710. The van der Waals surface area contributed by atoms with Gasteiger partial charge in [-0.05, 0) is 45.2 Å². The Morgan fingerprint density at radius 1 is 1.50 bits per heavy atom. The number of fused-ring (bicyclic) bond motifs is 1. The maximum absolute atomic E-state index is 4.55. The first-order valence-electron chi connectivity index (χ1n) is 7.05. The number of aryl methyl sites for hydroxylation is 1. The highest BCUT2D eigenvalue weighted by molar-refractivity contribution is 7.09. The fourth-order valence-electron chi connectivity index (χ4n) is 3.66. The molecule has 3 nitrogen and oxygen atoms in total. The Bertz CT molecular complexity index is 403. The second-order valence-corrected chi connectivity index (χ2v) is 6.99. The fraction of sp³-hybridized carbons (Fsp3) is 0.786. The van der Waals surface area contributed by atoms with Crippen LogP contribution in [0.3, 0.4) is 0 Å². The molecule has 1 saturated heterocycles. The van der Waals surface area contributed by atoms with Gasteiger partial charge in [0.15, 0.2) is 0 Å². The Morgan fingerprint density at radius 3 is 3.17 bits per heavy atom. The first-order valence-corrected chi connectivity index (χ1v) is 7.93. The van der Waals surface area contributed by atoms with Crippen molar-refractivity contribution in [2.75, 3.05) is 20.1 Å². The van der Waals surface area contributed by atoms with Gasteiger partial charge in [-0.15, -0.1) is 11.3 Å². The van der Waals surface area contributed by atoms with Gasteiger partial charge >= 0.3 is 0 Å². The van der Waals surface area contributed by atoms with Crippen molar-refractivity contribution in [3.05, 3.63) is 16.1 Å². The van der Waals surface area contributed by atoms with Gasteiger partial charge in [0.1, 0.15) is 0 Å². The summed E-state index contributed by atoms with van der Waals surface area (Å²) in [7, 11) is 2.22. The van der Waals surface area contributed by atoms with Crippen LogP contribution in [0.5, 0.6) is 0 Å². The Kier molecular flexibility index (Phi) is 3.68. The molecule has 0 aromatic carbocycles. The van der Waals surface area contributed by atoms with Crippen molar-refractivity contribution in [1.29, 1.82) is 0 Å². The van der Waals surface area contributed by atoms with E-state index < -0.39 is 0 Å². The van der Waals surface area contributed by atoms with E-state index >= 15 is 0 Å². The predicted molar refractivity (Wildman–Crippen MR) is 75.8 cm³/mol. The molecule has 2 fully saturated rings. The highest BCUT2D eigenvalue weighted by Gasteiger charge is 2.38. The highest BCUT2D eigenvalue weighted by atomic mass is 32.1. The molecule has 1 aliphatic carbocycles. The highest BCUT2D eigenvalue weighted by Crippen LogP contribution is 2.37. The maximum atomic E-state index is 4.55. The molecule has 2 heterocycles. The van der Waals surface area contributed by atoms with Crippen molar-refractivity contribution in [2.45, 2.75) is 38.8 Å². The van der Waals surface area contributed by atoms with Gasteiger partial charge in [0, 0.05) is 24.5 Å². The lowest BCUT2D eigenvalue weighted by Gasteiger charge is -2.24. The zero-order valence-corrected chi connectivity index (χ0v) is 12.2. The number of likely N-dealkylation sites (N-methyl/N-ethyl adjacent to an activating group) is 1. The molecule has 100 valence electrons. The average Bonchev–Trinajstić information content (AvgIpc) is 2.98. The van der Waals surface area contributed by atoms with Gasteiger partial charge in [-0.1, -0.05) is 6.42 Å². The summed E-state index contributed by atoms with van der Waals surface area (Å²) in [6.07, 6.45) is 4.33. The van der Waals surface area contributed by atoms with E-state index in [2.05, 4.69) is 34.6 Å². The number of aromatic nitrogens is 1. The first kappa shape index (κ1) is 12.6. The Morgan fingerprint density at radius 2 is 2.39 bits per heavy atom. The summed E-state index contributed by atoms with van der Waals surface area (Å²) in [5, 5.41) is 7.08. The Balaban J connectivity index is 1.53. The van der Waals surface area contributed by atoms with Crippen molar-refractivity contribution in [1.82, 2.24) is 15.2 Å². The van der Waals surface area contributed by atoms with Gasteiger partial charge in [0.05, 0.1) is 10.7 Å². The van der Waals surface area contributed by atoms with Gasteiger partial charge in [-0.25, -0.2) is 4.98 Å². The average molecular weight is 265 g/mol. The third-order valence-electron chi connectivity index (χ3n) is 4.48. The van der Waals surface area contributed by atoms with E-state index in [1.54, 1.807) is 11.3 Å². The van der Waals surface area contributed by atoms with Crippen LogP contribution >= 0.6 is 11.3 Å². The third kappa shape index (κ3) is 2.60. The maximum Gasteiger partial charge on any atom is 0.0897 e. The lowest BCUT2D eigenvalue weighted by atomic mass is 9.94. The zero-order chi connectivity index (χ0) is 12.5. The van der Waals surface area contributed by atoms with Crippen LogP contribution in [0.4, 0.5) is 0 Å². The van der Waals surface area contributed by atoms with Crippen LogP contribution in [0, 0.1) is 18.8 Å². The molecule has 3 atom stereocenters. The van der Waals surface area contributed by atoms with Crippen molar-refractivity contribution >= 4 is 11.3 Å². The lowest BCUT2D eigenvalue weighted by Crippen LogP contribution is -2.38. The van der Waals surface area contributed by atoms with E-state index in [4.69, 9.17) is 0 Å². The summed E-state index contributed by atoms with van der Waals surface area (Å²) in [5.74, 6) is 1.90. The predicted octanol–water partition coefficient (Wildman–Crippen LogP) is 2.27. The summed E-state index contributed by atoms with van der Waals surface area (Å²) >= 11 is 1.75. The van der Waals surface area contributed by atoms with E-state index in [1.165, 1.54) is 36.5 Å². The minimum atomic E-state index is 0.710. The largest absolute Gasteiger partial charge is 0.312 e. The lowest BCUT2D eigenvalue weighted by molar-refractivity contribution is 0.257. The van der Waals surface area contributed by atoms with Crippen LogP contribution in [0.1, 0.15) is 30.0 Å². The molecule has 0 amide bonds. The molecule has 0 bridgehead atoms. The summed E-state index contributed by atoms with van der Waals surface area (Å²) < 4.78 is 0. The Hall–Kier alpha value is -0.450. The van der Waals surface area contributed by atoms with E-state index in [9.17, 15) is 0 Å². The number of hydrogen-bond acceptors (Lipinski definition) is 4. The van der Waals surface area contributed by atoms with E-state index in [0.717, 1.165) is 24.9 Å². The number of thiazole rings is 1. The number of nitrogens with zero attached hydrogens (tertiary/aromatic N) is 2. The van der Waals surface area contributed by atoms with Crippen LogP contribution in [0.2, 0.25) is 0 Å². The zero-order valence-electron chi connectivity index (χ0n) is 11.4. The monoisotopic (exact) mass is 265 g/mol. The molecule has 1 N–H and O–H groups in total. The second-order valence-electron chi connectivity index (χ2n) is 5.92. The van der Waals surface area contributed by atoms with Crippen LogP contribution < -0.4 is 5.32 Å². The van der Waals surface area contributed by atoms with Crippen molar-refractivity contribution in [3.8, 4) is 0 Å². The molecule has 3 unspecified atom stereocenters. The minimum absolute atomic E-state index is 0.710. The molecular weight excluding hydrogens is 242 g/mol. The van der Waals surface area contributed by atoms with E-state index in [1.807, 2.05) is 0 Å². The third-order valence-corrected chi connectivity index (χ3v) is 5.31. The Labute approximate surface area is 114 Å². The quantitative estimate of drug-likeness (QED) is 0.905. The van der Waals surface area contributed by atoms with Gasteiger partial charge in [0.25, 0.3) is 0 Å². The summed E-state index contributed by atoms with van der Waals surface area (Å²) in [6.45, 7) is 5.48. The first-order chi connectivity index (χ1) is 8.72. The van der Waals surface area contributed by atoms with Gasteiger partial charge in [0.2, 0.25) is 0 Å². The topological polar surface area (TPSA) is 28.2 Å². The molecule has 1 saturated carbocycles. The fourth-order valence-corrected chi connectivity index (χ4v) is 4.26. The molecule has 4 heteroatoms. The van der Waals surface area contributed by atoms with Crippen LogP contribution in [0.25, 0.3) is 0 Å². The second kappa shape index (κ2) is 5.27. The molecule has 2 aliphatic rings. The van der Waals surface area contributed by atoms with E-state index in [0.29, 0.717) is 6.04 Å². The molecule has 3 rings (SSSR count). The van der Waals surface area contributed by atoms with Crippen LogP contribution in [0.15, 0.2) is 5.38 Å². The van der Waals surface area contributed by atoms with Crippen LogP contribution in [-0.2, 0) is 6.54 Å². The summed E-state index contributed by atoms with van der Waals surface area (Å²) in [5.41, 5.74) is 1.22. The van der Waals surface area contributed by atoms with Crippen molar-refractivity contribution in [2.24, 2.45) is 11.8 Å². The van der Waals surface area contributed by atoms with Gasteiger partial charge in [-0.3, -0.25) is 4.90 Å². The minimum Gasteiger partial charge on any atom is -0.312 e. The molecule has 0 radical (unpaired) electrons. The smallest absolute Gasteiger partial charge is 0.0897 e.